The number of fused-ring (bicyclic) bond motifs is 1. The third-order valence-corrected chi connectivity index (χ3v) is 3.65. The molecule has 3 rings (SSSR count). The van der Waals surface area contributed by atoms with Crippen molar-refractivity contribution in [2.45, 2.75) is 37.6 Å². The van der Waals surface area contributed by atoms with Gasteiger partial charge in [0.25, 0.3) is 0 Å². The Morgan fingerprint density at radius 2 is 2.28 bits per heavy atom. The van der Waals surface area contributed by atoms with Gasteiger partial charge in [0.05, 0.1) is 11.6 Å². The number of hydrogen-bond acceptors (Lipinski definition) is 4. The van der Waals surface area contributed by atoms with Crippen LogP contribution in [0, 0.1) is 11.3 Å². The molecule has 5 nitrogen and oxygen atoms in total. The summed E-state index contributed by atoms with van der Waals surface area (Å²) in [5.41, 5.74) is 7.37. The highest BCUT2D eigenvalue weighted by Gasteiger charge is 2.24. The maximum absolute atomic E-state index is 8.86. The number of rotatable bonds is 1. The fraction of sp³-hybridized carbons (Fsp3) is 0.462. The molecule has 0 aliphatic heterocycles. The van der Waals surface area contributed by atoms with Crippen molar-refractivity contribution in [3.05, 3.63) is 29.7 Å². The van der Waals surface area contributed by atoms with Gasteiger partial charge < -0.3 is 5.73 Å². The molecule has 2 aromatic heterocycles. The standard InChI is InChI=1S/C13H15N5/c14-8-9-4-5-18-12(6-9)16-17-13(18)10-2-1-3-11(15)7-10/h4-6,10-11H,1-3,7,15H2/t10-,11+/m0/s1. The van der Waals surface area contributed by atoms with Gasteiger partial charge in [0, 0.05) is 24.2 Å². The lowest BCUT2D eigenvalue weighted by molar-refractivity contribution is 0.380. The quantitative estimate of drug-likeness (QED) is 0.822. The smallest absolute Gasteiger partial charge is 0.162 e. The number of nitrogens with two attached hydrogens (primary N) is 1. The number of nitrogens with zero attached hydrogens (tertiary/aromatic N) is 4. The zero-order valence-electron chi connectivity index (χ0n) is 10.1. The van der Waals surface area contributed by atoms with E-state index >= 15 is 0 Å². The Morgan fingerprint density at radius 1 is 1.39 bits per heavy atom. The van der Waals surface area contributed by atoms with Crippen molar-refractivity contribution in [3.63, 3.8) is 0 Å². The van der Waals surface area contributed by atoms with Crippen LogP contribution in [0.3, 0.4) is 0 Å². The maximum Gasteiger partial charge on any atom is 0.162 e. The van der Waals surface area contributed by atoms with E-state index in [1.807, 2.05) is 10.6 Å². The molecule has 2 heterocycles. The predicted octanol–water partition coefficient (Wildman–Crippen LogP) is 1.59. The van der Waals surface area contributed by atoms with Crippen LogP contribution in [-0.4, -0.2) is 20.6 Å². The van der Waals surface area contributed by atoms with E-state index in [9.17, 15) is 0 Å². The molecule has 1 fully saturated rings. The summed E-state index contributed by atoms with van der Waals surface area (Å²) < 4.78 is 1.98. The monoisotopic (exact) mass is 241 g/mol. The second-order valence-corrected chi connectivity index (χ2v) is 4.94. The van der Waals surface area contributed by atoms with E-state index in [0.717, 1.165) is 37.2 Å². The number of aromatic nitrogens is 3. The molecule has 0 unspecified atom stereocenters. The fourth-order valence-corrected chi connectivity index (χ4v) is 2.72. The summed E-state index contributed by atoms with van der Waals surface area (Å²) in [6.07, 6.45) is 6.22. The molecule has 1 saturated carbocycles. The Labute approximate surface area is 105 Å². The first-order chi connectivity index (χ1) is 8.78. The summed E-state index contributed by atoms with van der Waals surface area (Å²) in [6, 6.07) is 5.94. The second kappa shape index (κ2) is 4.39. The van der Waals surface area contributed by atoms with Crippen molar-refractivity contribution < 1.29 is 0 Å². The van der Waals surface area contributed by atoms with Gasteiger partial charge >= 0.3 is 0 Å². The molecule has 1 aliphatic carbocycles. The summed E-state index contributed by atoms with van der Waals surface area (Å²) in [5, 5.41) is 17.3. The van der Waals surface area contributed by atoms with Gasteiger partial charge in [-0.3, -0.25) is 4.40 Å². The third-order valence-electron chi connectivity index (χ3n) is 3.65. The minimum absolute atomic E-state index is 0.273. The van der Waals surface area contributed by atoms with Crippen LogP contribution in [-0.2, 0) is 0 Å². The Balaban J connectivity index is 2.00. The van der Waals surface area contributed by atoms with Gasteiger partial charge in [-0.2, -0.15) is 5.26 Å². The van der Waals surface area contributed by atoms with Crippen molar-refractivity contribution in [3.8, 4) is 6.07 Å². The molecule has 0 spiro atoms. The molecule has 0 radical (unpaired) electrons. The Morgan fingerprint density at radius 3 is 3.06 bits per heavy atom. The van der Waals surface area contributed by atoms with Gasteiger partial charge in [0.1, 0.15) is 5.82 Å². The van der Waals surface area contributed by atoms with Crippen LogP contribution in [0.4, 0.5) is 0 Å². The minimum atomic E-state index is 0.273. The van der Waals surface area contributed by atoms with E-state index in [4.69, 9.17) is 11.0 Å². The van der Waals surface area contributed by atoms with Crippen LogP contribution in [0.2, 0.25) is 0 Å². The third kappa shape index (κ3) is 1.85. The van der Waals surface area contributed by atoms with Gasteiger partial charge in [0.2, 0.25) is 0 Å². The molecule has 0 amide bonds. The van der Waals surface area contributed by atoms with Crippen LogP contribution in [0.1, 0.15) is 43.0 Å². The van der Waals surface area contributed by atoms with Crippen LogP contribution < -0.4 is 5.73 Å². The van der Waals surface area contributed by atoms with Gasteiger partial charge in [0.15, 0.2) is 5.65 Å². The molecule has 0 saturated heterocycles. The highest BCUT2D eigenvalue weighted by molar-refractivity contribution is 5.45. The fourth-order valence-electron chi connectivity index (χ4n) is 2.72. The highest BCUT2D eigenvalue weighted by Crippen LogP contribution is 2.31. The Kier molecular flexibility index (Phi) is 2.73. The average molecular weight is 241 g/mol. The summed E-state index contributed by atoms with van der Waals surface area (Å²) in [4.78, 5) is 0. The molecule has 0 bridgehead atoms. The van der Waals surface area contributed by atoms with Crippen molar-refractivity contribution >= 4 is 5.65 Å². The van der Waals surface area contributed by atoms with Gasteiger partial charge in [-0.1, -0.05) is 6.42 Å². The van der Waals surface area contributed by atoms with E-state index < -0.39 is 0 Å². The average Bonchev–Trinajstić information content (AvgIpc) is 2.81. The minimum Gasteiger partial charge on any atom is -0.328 e. The first-order valence-electron chi connectivity index (χ1n) is 6.28. The number of hydrogen-bond donors (Lipinski definition) is 1. The molecule has 0 aromatic carbocycles. The van der Waals surface area contributed by atoms with E-state index in [2.05, 4.69) is 16.3 Å². The van der Waals surface area contributed by atoms with Crippen LogP contribution in [0.25, 0.3) is 5.65 Å². The maximum atomic E-state index is 8.86. The van der Waals surface area contributed by atoms with Crippen LogP contribution in [0.5, 0.6) is 0 Å². The normalized spacial score (nSPS) is 24.0. The first kappa shape index (κ1) is 11.2. The van der Waals surface area contributed by atoms with Crippen molar-refractivity contribution in [1.82, 2.24) is 14.6 Å². The van der Waals surface area contributed by atoms with Crippen LogP contribution in [0.15, 0.2) is 18.3 Å². The second-order valence-electron chi connectivity index (χ2n) is 4.94. The first-order valence-corrected chi connectivity index (χ1v) is 6.28. The lowest BCUT2D eigenvalue weighted by atomic mass is 9.85. The molecular weight excluding hydrogens is 226 g/mol. The number of nitriles is 1. The highest BCUT2D eigenvalue weighted by atomic mass is 15.2. The van der Waals surface area contributed by atoms with Gasteiger partial charge in [-0.25, -0.2) is 0 Å². The van der Waals surface area contributed by atoms with Crippen molar-refractivity contribution in [2.75, 3.05) is 0 Å². The SMILES string of the molecule is N#Cc1ccn2c([C@H]3CCC[C@@H](N)C3)nnc2c1. The zero-order chi connectivity index (χ0) is 12.5. The molecule has 5 heteroatoms. The van der Waals surface area contributed by atoms with E-state index in [0.29, 0.717) is 11.5 Å². The number of pyridine rings is 1. The predicted molar refractivity (Wildman–Crippen MR) is 66.9 cm³/mol. The van der Waals surface area contributed by atoms with Crippen molar-refractivity contribution in [2.24, 2.45) is 5.73 Å². The molecular formula is C13H15N5. The summed E-state index contributed by atoms with van der Waals surface area (Å²) in [6.45, 7) is 0. The molecule has 92 valence electrons. The molecule has 1 aliphatic rings. The van der Waals surface area contributed by atoms with E-state index in [1.165, 1.54) is 0 Å². The van der Waals surface area contributed by atoms with E-state index in [1.54, 1.807) is 12.1 Å². The van der Waals surface area contributed by atoms with Gasteiger partial charge in [-0.15, -0.1) is 10.2 Å². The van der Waals surface area contributed by atoms with Crippen molar-refractivity contribution in [1.29, 1.82) is 5.26 Å². The topological polar surface area (TPSA) is 80.0 Å². The summed E-state index contributed by atoms with van der Waals surface area (Å²) in [7, 11) is 0. The molecule has 2 N–H and O–H groups in total. The lowest BCUT2D eigenvalue weighted by Crippen LogP contribution is -2.27. The molecule has 2 aromatic rings. The largest absolute Gasteiger partial charge is 0.328 e. The van der Waals surface area contributed by atoms with E-state index in [-0.39, 0.29) is 6.04 Å². The Hall–Kier alpha value is -1.93. The lowest BCUT2D eigenvalue weighted by Gasteiger charge is -2.25. The summed E-state index contributed by atoms with van der Waals surface area (Å²) >= 11 is 0. The summed E-state index contributed by atoms with van der Waals surface area (Å²) in [5.74, 6) is 1.36. The Bertz CT molecular complexity index is 609. The van der Waals surface area contributed by atoms with Crippen LogP contribution >= 0.6 is 0 Å². The van der Waals surface area contributed by atoms with Gasteiger partial charge in [-0.05, 0) is 25.3 Å². The molecule has 18 heavy (non-hydrogen) atoms. The molecule has 2 atom stereocenters. The zero-order valence-corrected chi connectivity index (χ0v) is 10.1.